The van der Waals surface area contributed by atoms with Gasteiger partial charge in [0.25, 0.3) is 11.7 Å². The number of Topliss-reactive ketones (excluding diaryl/α,β-unsaturated/α-hetero) is 2. The summed E-state index contributed by atoms with van der Waals surface area (Å²) in [6.45, 7) is 13.6. The molecule has 3 fully saturated rings. The van der Waals surface area contributed by atoms with E-state index in [-0.39, 0.29) is 48.0 Å². The molecule has 2 bridgehead atoms. The molecule has 3 heterocycles. The van der Waals surface area contributed by atoms with E-state index in [4.69, 9.17) is 23.7 Å². The molecule has 362 valence electrons. The Balaban J connectivity index is 1.67. The molecule has 64 heavy (non-hydrogen) atoms. The number of aliphatic hydroxyl groups excluding tert-OH is 2. The number of piperidine rings is 1. The maximum atomic E-state index is 14.4. The second-order valence-electron chi connectivity index (χ2n) is 19.7. The van der Waals surface area contributed by atoms with Crippen molar-refractivity contribution in [2.45, 2.75) is 186 Å². The van der Waals surface area contributed by atoms with Gasteiger partial charge < -0.3 is 43.9 Å². The summed E-state index contributed by atoms with van der Waals surface area (Å²) in [5.41, 5.74) is 1.51. The number of ketones is 2. The number of amides is 1. The third-order valence-corrected chi connectivity index (χ3v) is 14.5. The predicted molar refractivity (Wildman–Crippen MR) is 245 cm³/mol. The van der Waals surface area contributed by atoms with Crippen molar-refractivity contribution in [1.82, 2.24) is 4.90 Å². The summed E-state index contributed by atoms with van der Waals surface area (Å²) in [5.74, 6) is -6.09. The fourth-order valence-corrected chi connectivity index (χ4v) is 10.3. The van der Waals surface area contributed by atoms with Crippen molar-refractivity contribution in [3.05, 3.63) is 47.6 Å². The van der Waals surface area contributed by atoms with Crippen molar-refractivity contribution >= 4 is 23.4 Å². The number of carbonyl (C=O) groups is 4. The van der Waals surface area contributed by atoms with Crippen LogP contribution >= 0.6 is 0 Å². The molecule has 13 heteroatoms. The van der Waals surface area contributed by atoms with E-state index in [0.717, 1.165) is 18.4 Å². The van der Waals surface area contributed by atoms with Gasteiger partial charge in [0.2, 0.25) is 5.79 Å². The van der Waals surface area contributed by atoms with Gasteiger partial charge in [-0.05, 0) is 126 Å². The zero-order valence-corrected chi connectivity index (χ0v) is 40.4. The Kier molecular flexibility index (Phi) is 21.1. The molecule has 0 radical (unpaired) electrons. The Morgan fingerprint density at radius 3 is 2.23 bits per heavy atom. The Morgan fingerprint density at radius 1 is 0.812 bits per heavy atom. The molecule has 3 N–H and O–H groups in total. The van der Waals surface area contributed by atoms with Crippen LogP contribution in [-0.4, -0.2) is 126 Å². The molecule has 0 aromatic carbocycles. The smallest absolute Gasteiger partial charge is 0.329 e. The summed E-state index contributed by atoms with van der Waals surface area (Å²) in [6.07, 6.45) is 14.5. The Bertz CT molecular complexity index is 1670. The van der Waals surface area contributed by atoms with Crippen LogP contribution in [0.5, 0.6) is 0 Å². The van der Waals surface area contributed by atoms with Crippen molar-refractivity contribution < 1.29 is 58.2 Å². The zero-order valence-electron chi connectivity index (χ0n) is 40.4. The summed E-state index contributed by atoms with van der Waals surface area (Å²) in [6, 6.07) is -1.02. The molecule has 1 saturated carbocycles. The number of rotatable bonds is 6. The first-order valence-electron chi connectivity index (χ1n) is 24.0. The lowest BCUT2D eigenvalue weighted by molar-refractivity contribution is -0.265. The summed E-state index contributed by atoms with van der Waals surface area (Å²) in [4.78, 5) is 57.8. The molecule has 1 aliphatic carbocycles. The van der Waals surface area contributed by atoms with Gasteiger partial charge in [0, 0.05) is 46.1 Å². The average Bonchev–Trinajstić information content (AvgIpc) is 3.27. The number of hydrogen-bond acceptors (Lipinski definition) is 12. The van der Waals surface area contributed by atoms with Gasteiger partial charge in [-0.2, -0.15) is 0 Å². The highest BCUT2D eigenvalue weighted by Crippen LogP contribution is 2.38. The quantitative estimate of drug-likeness (QED) is 0.142. The van der Waals surface area contributed by atoms with Gasteiger partial charge in [0.15, 0.2) is 5.78 Å². The van der Waals surface area contributed by atoms with E-state index in [0.29, 0.717) is 76.2 Å². The second kappa shape index (κ2) is 25.2. The highest BCUT2D eigenvalue weighted by Gasteiger charge is 2.53. The average molecular weight is 900 g/mol. The lowest BCUT2D eigenvalue weighted by atomic mass is 9.78. The number of aliphatic hydroxyl groups is 3. The summed E-state index contributed by atoms with van der Waals surface area (Å²) < 4.78 is 29.6. The van der Waals surface area contributed by atoms with Crippen LogP contribution in [0.15, 0.2) is 47.6 Å². The molecule has 0 aromatic heterocycles. The highest BCUT2D eigenvalue weighted by atomic mass is 16.6. The summed E-state index contributed by atoms with van der Waals surface area (Å²) in [7, 11) is 4.65. The second-order valence-corrected chi connectivity index (χ2v) is 19.7. The fraction of sp³-hybridized carbons (Fsp3) is 0.765. The third kappa shape index (κ3) is 14.2. The maximum Gasteiger partial charge on any atom is 0.329 e. The van der Waals surface area contributed by atoms with Gasteiger partial charge in [-0.1, -0.05) is 71.1 Å². The number of fused-ring (bicyclic) bond motifs is 3. The molecule has 3 aliphatic heterocycles. The molecule has 2 saturated heterocycles. The molecular formula is C51H81NO12. The Hall–Kier alpha value is -3.04. The van der Waals surface area contributed by atoms with Gasteiger partial charge in [-0.25, -0.2) is 4.79 Å². The van der Waals surface area contributed by atoms with Crippen molar-refractivity contribution in [3.8, 4) is 0 Å². The lowest BCUT2D eigenvalue weighted by Crippen LogP contribution is -2.61. The first-order valence-corrected chi connectivity index (χ1v) is 24.0. The maximum absolute atomic E-state index is 14.4. The van der Waals surface area contributed by atoms with Crippen molar-refractivity contribution in [1.29, 1.82) is 0 Å². The van der Waals surface area contributed by atoms with Gasteiger partial charge in [-0.15, -0.1) is 0 Å². The molecular weight excluding hydrogens is 819 g/mol. The van der Waals surface area contributed by atoms with E-state index in [9.17, 15) is 34.5 Å². The number of esters is 1. The van der Waals surface area contributed by atoms with E-state index in [1.165, 1.54) is 12.0 Å². The minimum absolute atomic E-state index is 0.0678. The van der Waals surface area contributed by atoms with Crippen LogP contribution in [0, 0.1) is 35.5 Å². The number of allylic oxidation sites excluding steroid dienone is 6. The molecule has 4 rings (SSSR count). The summed E-state index contributed by atoms with van der Waals surface area (Å²) in [5, 5.41) is 33.9. The van der Waals surface area contributed by atoms with Crippen LogP contribution in [0.1, 0.15) is 132 Å². The summed E-state index contributed by atoms with van der Waals surface area (Å²) >= 11 is 0. The van der Waals surface area contributed by atoms with Crippen LogP contribution in [0.3, 0.4) is 0 Å². The molecule has 1 amide bonds. The van der Waals surface area contributed by atoms with Gasteiger partial charge in [0.1, 0.15) is 24.4 Å². The lowest BCUT2D eigenvalue weighted by Gasteiger charge is -2.42. The molecule has 0 unspecified atom stereocenters. The number of hydrogen-bond donors (Lipinski definition) is 3. The topological polar surface area (TPSA) is 178 Å². The molecule has 13 nitrogen and oxygen atoms in total. The Labute approximate surface area is 383 Å². The molecule has 0 spiro atoms. The molecule has 15 atom stereocenters. The number of ether oxygens (including phenoxy) is 5. The van der Waals surface area contributed by atoms with E-state index < -0.39 is 72.0 Å². The van der Waals surface area contributed by atoms with Crippen molar-refractivity contribution in [2.24, 2.45) is 35.5 Å². The Morgan fingerprint density at radius 2 is 1.55 bits per heavy atom. The van der Waals surface area contributed by atoms with Crippen LogP contribution < -0.4 is 0 Å². The monoisotopic (exact) mass is 900 g/mol. The highest BCUT2D eigenvalue weighted by molar-refractivity contribution is 6.39. The minimum Gasteiger partial charge on any atom is -0.461 e. The van der Waals surface area contributed by atoms with Crippen LogP contribution in [0.2, 0.25) is 0 Å². The number of cyclic esters (lactones) is 1. The fourth-order valence-electron chi connectivity index (χ4n) is 10.3. The van der Waals surface area contributed by atoms with Gasteiger partial charge >= 0.3 is 5.97 Å². The van der Waals surface area contributed by atoms with Crippen molar-refractivity contribution in [2.75, 3.05) is 27.9 Å². The van der Waals surface area contributed by atoms with Gasteiger partial charge in [-0.3, -0.25) is 14.4 Å². The molecule has 4 aliphatic rings. The largest absolute Gasteiger partial charge is 0.461 e. The van der Waals surface area contributed by atoms with E-state index in [1.807, 2.05) is 64.2 Å². The van der Waals surface area contributed by atoms with E-state index >= 15 is 0 Å². The number of methoxy groups -OCH3 is 3. The predicted octanol–water partition coefficient (Wildman–Crippen LogP) is 7.00. The van der Waals surface area contributed by atoms with Gasteiger partial charge in [0.05, 0.1) is 24.4 Å². The number of nitrogens with zero attached hydrogens (tertiary/aromatic N) is 1. The first kappa shape index (κ1) is 53.6. The SMILES string of the molecule is CO[C@H]1C[C@@H]2CC[C@@H](C)[C@@](O)(O2)C(=O)C(=O)N2CCCC[C@H]2C(=O)O[C@H]([C@H](C)C[C@H]2CC[C@@H](O)[C@H](OC)C2)CC[C@H](C)/C=C(\C)[C@@H](O)[C@@H](OC)C(=O)[C@H](C)C[C@H](C)/C=C/C=CC=C1C. The van der Waals surface area contributed by atoms with Crippen molar-refractivity contribution in [3.63, 3.8) is 0 Å². The van der Waals surface area contributed by atoms with E-state index in [1.54, 1.807) is 28.1 Å². The third-order valence-electron chi connectivity index (χ3n) is 14.5. The first-order chi connectivity index (χ1) is 30.3. The van der Waals surface area contributed by atoms with Crippen LogP contribution in [0.4, 0.5) is 0 Å². The number of carbonyl (C=O) groups excluding carboxylic acids is 4. The minimum atomic E-state index is -2.38. The zero-order chi connectivity index (χ0) is 47.3. The van der Waals surface area contributed by atoms with Crippen LogP contribution in [-0.2, 0) is 42.9 Å². The molecule has 0 aromatic rings. The normalized spacial score (nSPS) is 39.5. The van der Waals surface area contributed by atoms with E-state index in [2.05, 4.69) is 6.92 Å². The standard InChI is InChI=1S/C51H81NO12/c1-31-16-12-11-13-17-33(3)43(60-8)30-39-22-20-37(7)51(59,64-39)48(56)49(57)52-25-15-14-18-40(52)50(58)63-42(34(4)28-38-21-23-41(53)44(29-38)61-9)24-19-32(2)27-36(6)46(55)47(62-10)45(54)35(5)26-31/h11-13,16-17,27,31-32,34-35,37-44,46-47,53,55,59H,14-15,18-26,28-30H2,1-10H3/b13-11?,16-12+,33-17?,36-27+/t31-,32+,34-,35-,37-,38-,39+,40+,41-,42+,43+,44-,46-,47+,51-/m1/s1. The van der Waals surface area contributed by atoms with Crippen LogP contribution in [0.25, 0.3) is 0 Å².